The molecule has 1 aromatic heterocycles. The molecule has 2 rings (SSSR count). The minimum atomic E-state index is -0.340. The highest BCUT2D eigenvalue weighted by molar-refractivity contribution is 5.93. The molecule has 112 valence electrons. The molecule has 0 spiro atoms. The third kappa shape index (κ3) is 3.08. The summed E-state index contributed by atoms with van der Waals surface area (Å²) in [5.74, 6) is -0.620. The Morgan fingerprint density at radius 1 is 1.38 bits per heavy atom. The SMILES string of the molecule is CCN(CCO)C(=O)c1nnn(-c2ccc(F)cc2)c1C. The number of rotatable bonds is 5. The number of aliphatic hydroxyl groups excluding tert-OH is 1. The Bertz CT molecular complexity index is 624. The van der Waals surface area contributed by atoms with Crippen molar-refractivity contribution < 1.29 is 14.3 Å². The highest BCUT2D eigenvalue weighted by Gasteiger charge is 2.21. The number of aromatic nitrogens is 3. The number of halogens is 1. The predicted octanol–water partition coefficient (Wildman–Crippen LogP) is 1.17. The van der Waals surface area contributed by atoms with E-state index in [2.05, 4.69) is 10.3 Å². The molecule has 1 amide bonds. The van der Waals surface area contributed by atoms with Crippen LogP contribution in [0.3, 0.4) is 0 Å². The molecular formula is C14H17FN4O2. The summed E-state index contributed by atoms with van der Waals surface area (Å²) in [4.78, 5) is 13.8. The van der Waals surface area contributed by atoms with Crippen molar-refractivity contribution in [3.05, 3.63) is 41.5 Å². The normalized spacial score (nSPS) is 10.7. The Morgan fingerprint density at radius 3 is 2.62 bits per heavy atom. The Labute approximate surface area is 121 Å². The lowest BCUT2D eigenvalue weighted by Gasteiger charge is -2.18. The van der Waals surface area contributed by atoms with Crippen molar-refractivity contribution in [2.45, 2.75) is 13.8 Å². The van der Waals surface area contributed by atoms with Crippen molar-refractivity contribution in [3.8, 4) is 5.69 Å². The molecule has 7 heteroatoms. The summed E-state index contributed by atoms with van der Waals surface area (Å²) in [7, 11) is 0. The third-order valence-corrected chi connectivity index (χ3v) is 3.21. The van der Waals surface area contributed by atoms with Crippen LogP contribution < -0.4 is 0 Å². The van der Waals surface area contributed by atoms with Crippen molar-refractivity contribution in [2.75, 3.05) is 19.7 Å². The second-order valence-electron chi connectivity index (χ2n) is 4.52. The molecule has 0 fully saturated rings. The summed E-state index contributed by atoms with van der Waals surface area (Å²) in [5.41, 5.74) is 1.43. The average Bonchev–Trinajstić information content (AvgIpc) is 2.86. The molecule has 0 atom stereocenters. The number of aliphatic hydroxyl groups is 1. The molecule has 0 aliphatic heterocycles. The van der Waals surface area contributed by atoms with Crippen LogP contribution in [-0.2, 0) is 0 Å². The number of carbonyl (C=O) groups excluding carboxylic acids is 1. The zero-order chi connectivity index (χ0) is 15.4. The van der Waals surface area contributed by atoms with Crippen LogP contribution >= 0.6 is 0 Å². The van der Waals surface area contributed by atoms with E-state index in [1.54, 1.807) is 19.1 Å². The standard InChI is InChI=1S/C14H17FN4O2/c1-3-18(8-9-20)14(21)13-10(2)19(17-16-13)12-6-4-11(15)5-7-12/h4-7,20H,3,8-9H2,1-2H3. The molecule has 0 radical (unpaired) electrons. The molecule has 0 aliphatic carbocycles. The zero-order valence-corrected chi connectivity index (χ0v) is 12.0. The lowest BCUT2D eigenvalue weighted by Crippen LogP contribution is -2.34. The van der Waals surface area contributed by atoms with Crippen molar-refractivity contribution >= 4 is 5.91 Å². The van der Waals surface area contributed by atoms with Gasteiger partial charge in [-0.2, -0.15) is 0 Å². The van der Waals surface area contributed by atoms with Crippen LogP contribution in [-0.4, -0.2) is 50.6 Å². The van der Waals surface area contributed by atoms with Gasteiger partial charge < -0.3 is 10.0 Å². The summed E-state index contributed by atoms with van der Waals surface area (Å²) in [5, 5.41) is 16.8. The highest BCUT2D eigenvalue weighted by Crippen LogP contribution is 2.14. The molecule has 1 heterocycles. The van der Waals surface area contributed by atoms with E-state index in [1.807, 2.05) is 6.92 Å². The highest BCUT2D eigenvalue weighted by atomic mass is 19.1. The largest absolute Gasteiger partial charge is 0.395 e. The summed E-state index contributed by atoms with van der Waals surface area (Å²) in [6.07, 6.45) is 0. The smallest absolute Gasteiger partial charge is 0.276 e. The third-order valence-electron chi connectivity index (χ3n) is 3.21. The second-order valence-corrected chi connectivity index (χ2v) is 4.52. The van der Waals surface area contributed by atoms with Crippen LogP contribution in [0, 0.1) is 12.7 Å². The van der Waals surface area contributed by atoms with Gasteiger partial charge >= 0.3 is 0 Å². The molecule has 1 aromatic carbocycles. The van der Waals surface area contributed by atoms with Crippen LogP contribution in [0.25, 0.3) is 5.69 Å². The van der Waals surface area contributed by atoms with Gasteiger partial charge in [0.15, 0.2) is 5.69 Å². The van der Waals surface area contributed by atoms with Gasteiger partial charge in [-0.25, -0.2) is 9.07 Å². The average molecular weight is 292 g/mol. The number of benzene rings is 1. The summed E-state index contributed by atoms with van der Waals surface area (Å²) >= 11 is 0. The van der Waals surface area contributed by atoms with E-state index >= 15 is 0 Å². The molecule has 21 heavy (non-hydrogen) atoms. The van der Waals surface area contributed by atoms with Gasteiger partial charge in [0, 0.05) is 13.1 Å². The first-order valence-corrected chi connectivity index (χ1v) is 6.66. The van der Waals surface area contributed by atoms with E-state index in [9.17, 15) is 9.18 Å². The molecule has 6 nitrogen and oxygen atoms in total. The number of hydrogen-bond donors (Lipinski definition) is 1. The van der Waals surface area contributed by atoms with Gasteiger partial charge in [-0.1, -0.05) is 5.21 Å². The Morgan fingerprint density at radius 2 is 2.05 bits per heavy atom. The monoisotopic (exact) mass is 292 g/mol. The maximum absolute atomic E-state index is 12.9. The number of likely N-dealkylation sites (N-methyl/N-ethyl adjacent to an activating group) is 1. The van der Waals surface area contributed by atoms with Gasteiger partial charge in [-0.15, -0.1) is 5.10 Å². The van der Waals surface area contributed by atoms with Crippen LogP contribution in [0.1, 0.15) is 23.1 Å². The van der Waals surface area contributed by atoms with E-state index in [-0.39, 0.29) is 30.6 Å². The Balaban J connectivity index is 2.32. The Hall–Kier alpha value is -2.28. The summed E-state index contributed by atoms with van der Waals surface area (Å²) < 4.78 is 14.4. The molecule has 1 N–H and O–H groups in total. The van der Waals surface area contributed by atoms with E-state index in [4.69, 9.17) is 5.11 Å². The van der Waals surface area contributed by atoms with E-state index in [1.165, 1.54) is 21.7 Å². The molecule has 0 bridgehead atoms. The van der Waals surface area contributed by atoms with Gasteiger partial charge in [0.25, 0.3) is 5.91 Å². The lowest BCUT2D eigenvalue weighted by atomic mass is 10.2. The van der Waals surface area contributed by atoms with Crippen LogP contribution in [0.2, 0.25) is 0 Å². The van der Waals surface area contributed by atoms with E-state index in [0.717, 1.165) is 0 Å². The zero-order valence-electron chi connectivity index (χ0n) is 12.0. The number of hydrogen-bond acceptors (Lipinski definition) is 4. The fraction of sp³-hybridized carbons (Fsp3) is 0.357. The fourth-order valence-corrected chi connectivity index (χ4v) is 2.03. The maximum Gasteiger partial charge on any atom is 0.276 e. The van der Waals surface area contributed by atoms with Crippen LogP contribution in [0.4, 0.5) is 4.39 Å². The molecule has 0 aliphatic rings. The maximum atomic E-state index is 12.9. The summed E-state index contributed by atoms with van der Waals surface area (Å²) in [6.45, 7) is 4.17. The van der Waals surface area contributed by atoms with E-state index in [0.29, 0.717) is 17.9 Å². The topological polar surface area (TPSA) is 71.2 Å². The number of carbonyl (C=O) groups is 1. The van der Waals surface area contributed by atoms with E-state index < -0.39 is 0 Å². The lowest BCUT2D eigenvalue weighted by molar-refractivity contribution is 0.0725. The molecule has 0 unspecified atom stereocenters. The van der Waals surface area contributed by atoms with Gasteiger partial charge in [0.05, 0.1) is 18.0 Å². The van der Waals surface area contributed by atoms with Gasteiger partial charge in [-0.05, 0) is 38.1 Å². The first-order valence-electron chi connectivity index (χ1n) is 6.66. The fourth-order valence-electron chi connectivity index (χ4n) is 2.03. The predicted molar refractivity (Wildman–Crippen MR) is 74.7 cm³/mol. The first kappa shape index (κ1) is 15.1. The summed E-state index contributed by atoms with van der Waals surface area (Å²) in [6, 6.07) is 5.78. The number of nitrogens with zero attached hydrogens (tertiary/aromatic N) is 4. The Kier molecular flexibility index (Phi) is 4.64. The van der Waals surface area contributed by atoms with Crippen molar-refractivity contribution in [2.24, 2.45) is 0 Å². The second kappa shape index (κ2) is 6.45. The number of amides is 1. The van der Waals surface area contributed by atoms with Gasteiger partial charge in [0.2, 0.25) is 0 Å². The van der Waals surface area contributed by atoms with Gasteiger partial charge in [-0.3, -0.25) is 4.79 Å². The van der Waals surface area contributed by atoms with Crippen LogP contribution in [0.5, 0.6) is 0 Å². The quantitative estimate of drug-likeness (QED) is 0.898. The van der Waals surface area contributed by atoms with Crippen molar-refractivity contribution in [3.63, 3.8) is 0 Å². The van der Waals surface area contributed by atoms with Gasteiger partial charge in [0.1, 0.15) is 5.82 Å². The first-order chi connectivity index (χ1) is 10.1. The van der Waals surface area contributed by atoms with Crippen molar-refractivity contribution in [1.82, 2.24) is 19.9 Å². The minimum absolute atomic E-state index is 0.106. The van der Waals surface area contributed by atoms with Crippen LogP contribution in [0.15, 0.2) is 24.3 Å². The van der Waals surface area contributed by atoms with Crippen molar-refractivity contribution in [1.29, 1.82) is 0 Å². The minimum Gasteiger partial charge on any atom is -0.395 e. The molecule has 0 saturated heterocycles. The molecule has 0 saturated carbocycles. The molecular weight excluding hydrogens is 275 g/mol. The molecule has 2 aromatic rings.